The fourth-order valence-electron chi connectivity index (χ4n) is 0.469. The third-order valence-corrected chi connectivity index (χ3v) is 0.830. The van der Waals surface area contributed by atoms with Gasteiger partial charge < -0.3 is 0 Å². The van der Waals surface area contributed by atoms with Crippen molar-refractivity contribution in [1.82, 2.24) is 0 Å². The van der Waals surface area contributed by atoms with Gasteiger partial charge in [-0.3, -0.25) is 4.99 Å². The molecule has 0 amide bonds. The molecule has 3 nitrogen and oxygen atoms in total. The van der Waals surface area contributed by atoms with Crippen molar-refractivity contribution in [2.75, 3.05) is 13.1 Å². The highest BCUT2D eigenvalue weighted by Crippen LogP contribution is 1.91. The Bertz CT molecular complexity index is 146. The van der Waals surface area contributed by atoms with E-state index in [-0.39, 0.29) is 0 Å². The number of hydrogen-bond acceptors (Lipinski definition) is 3. The molecule has 0 atom stereocenters. The third kappa shape index (κ3) is 0.992. The SMILES string of the molecule is C=CC1=NCCN=N1. The minimum atomic E-state index is 0.649. The van der Waals surface area contributed by atoms with Gasteiger partial charge in [-0.2, -0.15) is 5.11 Å². The summed E-state index contributed by atoms with van der Waals surface area (Å²) in [5, 5.41) is 7.46. The van der Waals surface area contributed by atoms with Gasteiger partial charge in [0.25, 0.3) is 0 Å². The Labute approximate surface area is 47.8 Å². The first-order valence-corrected chi connectivity index (χ1v) is 2.48. The molecule has 0 unspecified atom stereocenters. The van der Waals surface area contributed by atoms with Gasteiger partial charge in [0.1, 0.15) is 0 Å². The standard InChI is InChI=1S/C5H7N3/c1-2-5-6-3-4-7-8-5/h2H,1,3-4H2. The van der Waals surface area contributed by atoms with Crippen molar-refractivity contribution in [3.63, 3.8) is 0 Å². The van der Waals surface area contributed by atoms with Crippen LogP contribution < -0.4 is 0 Å². The minimum Gasteiger partial charge on any atom is -0.263 e. The van der Waals surface area contributed by atoms with Crippen LogP contribution in [0.3, 0.4) is 0 Å². The molecule has 0 radical (unpaired) electrons. The zero-order valence-electron chi connectivity index (χ0n) is 4.54. The van der Waals surface area contributed by atoms with E-state index in [0.717, 1.165) is 13.1 Å². The lowest BCUT2D eigenvalue weighted by Gasteiger charge is -1.96. The smallest absolute Gasteiger partial charge is 0.168 e. The third-order valence-electron chi connectivity index (χ3n) is 0.830. The Morgan fingerprint density at radius 2 is 2.38 bits per heavy atom. The molecule has 1 aliphatic rings. The lowest BCUT2D eigenvalue weighted by molar-refractivity contribution is 0.884. The van der Waals surface area contributed by atoms with Gasteiger partial charge in [-0.15, -0.1) is 5.11 Å². The monoisotopic (exact) mass is 109 g/mol. The second-order valence-electron chi connectivity index (χ2n) is 1.41. The van der Waals surface area contributed by atoms with Gasteiger partial charge in [-0.05, 0) is 6.08 Å². The average Bonchev–Trinajstić information content (AvgIpc) is 1.90. The Balaban J connectivity index is 2.64. The van der Waals surface area contributed by atoms with E-state index in [0.29, 0.717) is 5.84 Å². The summed E-state index contributed by atoms with van der Waals surface area (Å²) in [7, 11) is 0. The van der Waals surface area contributed by atoms with Crippen LogP contribution in [-0.4, -0.2) is 18.9 Å². The van der Waals surface area contributed by atoms with E-state index >= 15 is 0 Å². The van der Waals surface area contributed by atoms with E-state index in [1.54, 1.807) is 6.08 Å². The number of rotatable bonds is 1. The number of aliphatic imine (C=N–C) groups is 1. The molecule has 1 rings (SSSR count). The summed E-state index contributed by atoms with van der Waals surface area (Å²) >= 11 is 0. The molecule has 0 spiro atoms. The molecular formula is C5H7N3. The van der Waals surface area contributed by atoms with Crippen molar-refractivity contribution in [3.05, 3.63) is 12.7 Å². The highest BCUT2D eigenvalue weighted by Gasteiger charge is 1.92. The van der Waals surface area contributed by atoms with E-state index in [9.17, 15) is 0 Å². The fourth-order valence-corrected chi connectivity index (χ4v) is 0.469. The highest BCUT2D eigenvalue weighted by molar-refractivity contribution is 5.92. The number of azo groups is 1. The second kappa shape index (κ2) is 2.35. The van der Waals surface area contributed by atoms with E-state index < -0.39 is 0 Å². The molecule has 0 aromatic rings. The first-order chi connectivity index (χ1) is 3.93. The average molecular weight is 109 g/mol. The number of nitrogens with zero attached hydrogens (tertiary/aromatic N) is 3. The second-order valence-corrected chi connectivity index (χ2v) is 1.41. The maximum absolute atomic E-state index is 3.99. The molecule has 0 bridgehead atoms. The first kappa shape index (κ1) is 5.15. The first-order valence-electron chi connectivity index (χ1n) is 2.48. The predicted molar refractivity (Wildman–Crippen MR) is 32.2 cm³/mol. The zero-order valence-corrected chi connectivity index (χ0v) is 4.54. The molecule has 0 fully saturated rings. The molecule has 0 aromatic heterocycles. The van der Waals surface area contributed by atoms with Gasteiger partial charge in [0.05, 0.1) is 13.1 Å². The molecule has 0 saturated carbocycles. The van der Waals surface area contributed by atoms with E-state index in [1.165, 1.54) is 0 Å². The molecule has 0 saturated heterocycles. The maximum Gasteiger partial charge on any atom is 0.168 e. The molecule has 8 heavy (non-hydrogen) atoms. The molecular weight excluding hydrogens is 102 g/mol. The van der Waals surface area contributed by atoms with Gasteiger partial charge in [0, 0.05) is 0 Å². The summed E-state index contributed by atoms with van der Waals surface area (Å²) in [6.07, 6.45) is 1.60. The van der Waals surface area contributed by atoms with Crippen molar-refractivity contribution in [2.45, 2.75) is 0 Å². The largest absolute Gasteiger partial charge is 0.263 e. The van der Waals surface area contributed by atoms with Crippen molar-refractivity contribution < 1.29 is 0 Å². The van der Waals surface area contributed by atoms with Gasteiger partial charge >= 0.3 is 0 Å². The molecule has 0 N–H and O–H groups in total. The number of hydrogen-bond donors (Lipinski definition) is 0. The summed E-state index contributed by atoms with van der Waals surface area (Å²) in [5.74, 6) is 0.649. The number of amidine groups is 1. The molecule has 42 valence electrons. The van der Waals surface area contributed by atoms with Crippen LogP contribution >= 0.6 is 0 Å². The molecule has 1 heterocycles. The van der Waals surface area contributed by atoms with E-state index in [2.05, 4.69) is 21.8 Å². The normalized spacial score (nSPS) is 17.8. The van der Waals surface area contributed by atoms with Crippen LogP contribution in [0.1, 0.15) is 0 Å². The van der Waals surface area contributed by atoms with Crippen molar-refractivity contribution in [2.24, 2.45) is 15.2 Å². The van der Waals surface area contributed by atoms with Crippen LogP contribution in [0.2, 0.25) is 0 Å². The summed E-state index contributed by atoms with van der Waals surface area (Å²) in [5.41, 5.74) is 0. The van der Waals surface area contributed by atoms with E-state index in [1.807, 2.05) is 0 Å². The van der Waals surface area contributed by atoms with Crippen LogP contribution in [0, 0.1) is 0 Å². The van der Waals surface area contributed by atoms with Crippen LogP contribution in [0.25, 0.3) is 0 Å². The fraction of sp³-hybridized carbons (Fsp3) is 0.400. The Hall–Kier alpha value is -0.990. The quantitative estimate of drug-likeness (QED) is 0.482. The van der Waals surface area contributed by atoms with Crippen LogP contribution in [0.15, 0.2) is 27.9 Å². The summed E-state index contributed by atoms with van der Waals surface area (Å²) in [4.78, 5) is 3.99. The topological polar surface area (TPSA) is 37.1 Å². The molecule has 0 aliphatic carbocycles. The lowest BCUT2D eigenvalue weighted by atomic mass is 10.5. The Kier molecular flexibility index (Phi) is 1.51. The maximum atomic E-state index is 3.99. The van der Waals surface area contributed by atoms with Gasteiger partial charge in [0.2, 0.25) is 0 Å². The minimum absolute atomic E-state index is 0.649. The van der Waals surface area contributed by atoms with Gasteiger partial charge in [0.15, 0.2) is 5.84 Å². The van der Waals surface area contributed by atoms with Crippen molar-refractivity contribution in [3.8, 4) is 0 Å². The molecule has 1 aliphatic heterocycles. The van der Waals surface area contributed by atoms with Gasteiger partial charge in [-0.25, -0.2) is 0 Å². The van der Waals surface area contributed by atoms with Gasteiger partial charge in [-0.1, -0.05) is 6.58 Å². The zero-order chi connectivity index (χ0) is 5.82. The van der Waals surface area contributed by atoms with E-state index in [4.69, 9.17) is 0 Å². The van der Waals surface area contributed by atoms with Crippen LogP contribution in [0.4, 0.5) is 0 Å². The van der Waals surface area contributed by atoms with Crippen LogP contribution in [-0.2, 0) is 0 Å². The highest BCUT2D eigenvalue weighted by atomic mass is 15.2. The summed E-state index contributed by atoms with van der Waals surface area (Å²) in [6.45, 7) is 4.97. The molecule has 3 heteroatoms. The van der Waals surface area contributed by atoms with Crippen molar-refractivity contribution >= 4 is 5.84 Å². The Morgan fingerprint density at radius 1 is 1.50 bits per heavy atom. The molecule has 0 aromatic carbocycles. The summed E-state index contributed by atoms with van der Waals surface area (Å²) in [6, 6.07) is 0. The predicted octanol–water partition coefficient (Wildman–Crippen LogP) is 1.04. The lowest BCUT2D eigenvalue weighted by Crippen LogP contribution is -1.98. The Morgan fingerprint density at radius 3 is 2.75 bits per heavy atom. The summed E-state index contributed by atoms with van der Waals surface area (Å²) < 4.78 is 0. The van der Waals surface area contributed by atoms with Crippen LogP contribution in [0.5, 0.6) is 0 Å². The van der Waals surface area contributed by atoms with Crippen molar-refractivity contribution in [1.29, 1.82) is 0 Å².